The molecule has 0 unspecified atom stereocenters. The Morgan fingerprint density at radius 3 is 2.94 bits per heavy atom. The molecule has 2 aromatic heterocycles. The zero-order valence-electron chi connectivity index (χ0n) is 10.0. The third-order valence-corrected chi connectivity index (χ3v) is 4.36. The van der Waals surface area contributed by atoms with Gasteiger partial charge in [0.2, 0.25) is 0 Å². The zero-order chi connectivity index (χ0) is 12.1. The molecule has 0 aliphatic heterocycles. The Balaban J connectivity index is 1.84. The molecule has 0 saturated heterocycles. The van der Waals surface area contributed by atoms with Crippen molar-refractivity contribution in [1.29, 1.82) is 0 Å². The smallest absolute Gasteiger partial charge is 0.150 e. The van der Waals surface area contributed by atoms with Gasteiger partial charge < -0.3 is 9.73 Å². The van der Waals surface area contributed by atoms with Gasteiger partial charge in [-0.25, -0.2) is 4.98 Å². The molecule has 0 aromatic carbocycles. The minimum absolute atomic E-state index is 0.803. The second-order valence-corrected chi connectivity index (χ2v) is 5.77. The summed E-state index contributed by atoms with van der Waals surface area (Å²) in [6, 6.07) is 4.08. The lowest BCUT2D eigenvalue weighted by atomic mass is 10.4. The summed E-state index contributed by atoms with van der Waals surface area (Å²) in [7, 11) is 0. The van der Waals surface area contributed by atoms with Crippen molar-refractivity contribution in [3.63, 3.8) is 0 Å². The molecule has 17 heavy (non-hydrogen) atoms. The van der Waals surface area contributed by atoms with Crippen LogP contribution in [0.15, 0.2) is 26.3 Å². The van der Waals surface area contributed by atoms with E-state index in [1.165, 1.54) is 0 Å². The number of nitrogens with one attached hydrogen (secondary N) is 1. The van der Waals surface area contributed by atoms with Gasteiger partial charge >= 0.3 is 0 Å². The van der Waals surface area contributed by atoms with Crippen molar-refractivity contribution in [3.8, 4) is 0 Å². The molecule has 5 heteroatoms. The van der Waals surface area contributed by atoms with E-state index in [0.29, 0.717) is 0 Å². The fourth-order valence-corrected chi connectivity index (χ4v) is 3.12. The zero-order valence-corrected chi connectivity index (χ0v) is 11.7. The average Bonchev–Trinajstić information content (AvgIpc) is 2.93. The molecule has 0 atom stereocenters. The molecule has 0 amide bonds. The van der Waals surface area contributed by atoms with Crippen LogP contribution >= 0.6 is 23.1 Å². The number of hydrogen-bond acceptors (Lipinski definition) is 5. The highest BCUT2D eigenvalue weighted by Gasteiger charge is 2.04. The maximum atomic E-state index is 5.71. The Bertz CT molecular complexity index is 465. The van der Waals surface area contributed by atoms with Gasteiger partial charge in [0, 0.05) is 11.1 Å². The summed E-state index contributed by atoms with van der Waals surface area (Å²) < 4.78 is 6.81. The average molecular weight is 268 g/mol. The van der Waals surface area contributed by atoms with Crippen molar-refractivity contribution in [2.45, 2.75) is 30.5 Å². The van der Waals surface area contributed by atoms with Crippen LogP contribution in [-0.4, -0.2) is 11.5 Å². The van der Waals surface area contributed by atoms with Gasteiger partial charge in [-0.2, -0.15) is 0 Å². The predicted octanol–water partition coefficient (Wildman–Crippen LogP) is 3.45. The molecule has 1 N–H and O–H groups in total. The SMILES string of the molecule is CCNCc1ccc(CSc2nc(C)cs2)o1. The summed E-state index contributed by atoms with van der Waals surface area (Å²) in [6.45, 7) is 5.87. The lowest BCUT2D eigenvalue weighted by Crippen LogP contribution is -2.10. The Morgan fingerprint density at radius 1 is 1.41 bits per heavy atom. The molecular formula is C12H16N2OS2. The Hall–Kier alpha value is -0.780. The number of rotatable bonds is 6. The van der Waals surface area contributed by atoms with Crippen LogP contribution in [0.3, 0.4) is 0 Å². The highest BCUT2D eigenvalue weighted by molar-refractivity contribution is 8.00. The van der Waals surface area contributed by atoms with Crippen LogP contribution in [0.5, 0.6) is 0 Å². The number of hydrogen-bond donors (Lipinski definition) is 1. The van der Waals surface area contributed by atoms with Crippen molar-refractivity contribution in [3.05, 3.63) is 34.7 Å². The van der Waals surface area contributed by atoms with E-state index in [9.17, 15) is 0 Å². The first-order valence-electron chi connectivity index (χ1n) is 5.61. The maximum Gasteiger partial charge on any atom is 0.150 e. The lowest BCUT2D eigenvalue weighted by molar-refractivity contribution is 0.463. The Kier molecular flexibility index (Phi) is 4.65. The molecule has 0 saturated carbocycles. The van der Waals surface area contributed by atoms with Crippen LogP contribution in [0.4, 0.5) is 0 Å². The van der Waals surface area contributed by atoms with E-state index in [0.717, 1.165) is 40.4 Å². The number of aromatic nitrogens is 1. The van der Waals surface area contributed by atoms with E-state index in [1.54, 1.807) is 23.1 Å². The predicted molar refractivity (Wildman–Crippen MR) is 72.5 cm³/mol. The fourth-order valence-electron chi connectivity index (χ4n) is 1.37. The number of nitrogens with zero attached hydrogens (tertiary/aromatic N) is 1. The molecule has 0 fully saturated rings. The second-order valence-electron chi connectivity index (χ2n) is 3.69. The number of thioether (sulfide) groups is 1. The summed E-state index contributed by atoms with van der Waals surface area (Å²) >= 11 is 3.41. The lowest BCUT2D eigenvalue weighted by Gasteiger charge is -1.97. The van der Waals surface area contributed by atoms with Crippen LogP contribution in [-0.2, 0) is 12.3 Å². The summed E-state index contributed by atoms with van der Waals surface area (Å²) in [6.07, 6.45) is 0. The van der Waals surface area contributed by atoms with Gasteiger partial charge in [0.05, 0.1) is 12.3 Å². The van der Waals surface area contributed by atoms with Crippen molar-refractivity contribution in [2.75, 3.05) is 6.54 Å². The molecule has 2 aromatic rings. The molecule has 0 bridgehead atoms. The Labute approximate surface area is 110 Å². The third-order valence-electron chi connectivity index (χ3n) is 2.20. The van der Waals surface area contributed by atoms with E-state index >= 15 is 0 Å². The third kappa shape index (κ3) is 3.87. The summed E-state index contributed by atoms with van der Waals surface area (Å²) in [5.74, 6) is 2.85. The minimum atomic E-state index is 0.803. The largest absolute Gasteiger partial charge is 0.464 e. The molecule has 2 rings (SSSR count). The first kappa shape index (κ1) is 12.7. The van der Waals surface area contributed by atoms with E-state index in [-0.39, 0.29) is 0 Å². The first-order chi connectivity index (χ1) is 8.28. The van der Waals surface area contributed by atoms with Crippen LogP contribution in [0.2, 0.25) is 0 Å². The quantitative estimate of drug-likeness (QED) is 0.814. The Morgan fingerprint density at radius 2 is 2.24 bits per heavy atom. The highest BCUT2D eigenvalue weighted by atomic mass is 32.2. The van der Waals surface area contributed by atoms with E-state index in [2.05, 4.69) is 22.6 Å². The summed E-state index contributed by atoms with van der Waals surface area (Å²) in [5, 5.41) is 5.31. The summed E-state index contributed by atoms with van der Waals surface area (Å²) in [5.41, 5.74) is 1.09. The van der Waals surface area contributed by atoms with E-state index < -0.39 is 0 Å². The summed E-state index contributed by atoms with van der Waals surface area (Å²) in [4.78, 5) is 4.41. The van der Waals surface area contributed by atoms with Crippen LogP contribution < -0.4 is 5.32 Å². The van der Waals surface area contributed by atoms with Gasteiger partial charge in [-0.05, 0) is 25.6 Å². The minimum Gasteiger partial charge on any atom is -0.464 e. The molecular weight excluding hydrogens is 252 g/mol. The fraction of sp³-hybridized carbons (Fsp3) is 0.417. The van der Waals surface area contributed by atoms with Gasteiger partial charge in [-0.3, -0.25) is 0 Å². The maximum absolute atomic E-state index is 5.71. The molecule has 0 radical (unpaired) electrons. The molecule has 0 aliphatic carbocycles. The van der Waals surface area contributed by atoms with Gasteiger partial charge in [0.1, 0.15) is 11.5 Å². The molecule has 92 valence electrons. The molecule has 0 aliphatic rings. The van der Waals surface area contributed by atoms with Gasteiger partial charge in [0.25, 0.3) is 0 Å². The van der Waals surface area contributed by atoms with Gasteiger partial charge in [-0.15, -0.1) is 11.3 Å². The van der Waals surface area contributed by atoms with Crippen LogP contribution in [0, 0.1) is 6.92 Å². The van der Waals surface area contributed by atoms with E-state index in [1.807, 2.05) is 19.1 Å². The second kappa shape index (κ2) is 6.23. The number of thiazole rings is 1. The first-order valence-corrected chi connectivity index (χ1v) is 7.47. The van der Waals surface area contributed by atoms with Crippen molar-refractivity contribution < 1.29 is 4.42 Å². The highest BCUT2D eigenvalue weighted by Crippen LogP contribution is 2.26. The van der Waals surface area contributed by atoms with Crippen molar-refractivity contribution in [1.82, 2.24) is 10.3 Å². The van der Waals surface area contributed by atoms with Crippen LogP contribution in [0.1, 0.15) is 24.1 Å². The van der Waals surface area contributed by atoms with Crippen molar-refractivity contribution in [2.24, 2.45) is 0 Å². The topological polar surface area (TPSA) is 38.1 Å². The number of aryl methyl sites for hydroxylation is 1. The molecule has 2 heterocycles. The van der Waals surface area contributed by atoms with Crippen molar-refractivity contribution >= 4 is 23.1 Å². The normalized spacial score (nSPS) is 10.9. The molecule has 3 nitrogen and oxygen atoms in total. The standard InChI is InChI=1S/C12H16N2OS2/c1-3-13-6-10-4-5-11(15-10)8-17-12-14-9(2)7-16-12/h4-5,7,13H,3,6,8H2,1-2H3. The monoisotopic (exact) mass is 268 g/mol. The number of furan rings is 1. The molecule has 0 spiro atoms. The van der Waals surface area contributed by atoms with Crippen LogP contribution in [0.25, 0.3) is 0 Å². The van der Waals surface area contributed by atoms with Gasteiger partial charge in [0.15, 0.2) is 4.34 Å². The van der Waals surface area contributed by atoms with Gasteiger partial charge in [-0.1, -0.05) is 18.7 Å². The van der Waals surface area contributed by atoms with E-state index in [4.69, 9.17) is 4.42 Å².